The lowest BCUT2D eigenvalue weighted by molar-refractivity contribution is 0.181. The second-order valence-electron chi connectivity index (χ2n) is 7.27. The summed E-state index contributed by atoms with van der Waals surface area (Å²) in [5.74, 6) is 0.513. The number of hydrogen-bond acceptors (Lipinski definition) is 3. The van der Waals surface area contributed by atoms with E-state index in [0.717, 1.165) is 43.7 Å². The first-order chi connectivity index (χ1) is 13.7. The lowest BCUT2D eigenvalue weighted by Crippen LogP contribution is -2.35. The summed E-state index contributed by atoms with van der Waals surface area (Å²) in [5, 5.41) is 2.98. The fourth-order valence-corrected chi connectivity index (χ4v) is 3.91. The van der Waals surface area contributed by atoms with Crippen molar-refractivity contribution in [2.75, 3.05) is 36.5 Å². The molecule has 28 heavy (non-hydrogen) atoms. The number of carbonyl (C=O) groups is 2. The van der Waals surface area contributed by atoms with E-state index in [2.05, 4.69) is 29.6 Å². The van der Waals surface area contributed by atoms with Crippen molar-refractivity contribution in [3.63, 3.8) is 0 Å². The molecule has 2 aromatic rings. The molecule has 1 N–H and O–H groups in total. The van der Waals surface area contributed by atoms with Gasteiger partial charge in [0.25, 0.3) is 0 Å². The molecule has 2 aliphatic heterocycles. The van der Waals surface area contributed by atoms with Crippen LogP contribution in [-0.2, 0) is 4.74 Å². The fraction of sp³-hybridized carbons (Fsp3) is 0.364. The summed E-state index contributed by atoms with van der Waals surface area (Å²) in [6.07, 6.45) is 2.76. The van der Waals surface area contributed by atoms with E-state index in [1.807, 2.05) is 35.2 Å². The minimum absolute atomic E-state index is 0.0676. The Bertz CT molecular complexity index is 823. The lowest BCUT2D eigenvalue weighted by Gasteiger charge is -2.21. The van der Waals surface area contributed by atoms with Gasteiger partial charge < -0.3 is 15.0 Å². The highest BCUT2D eigenvalue weighted by molar-refractivity contribution is 5.91. The van der Waals surface area contributed by atoms with Crippen molar-refractivity contribution in [1.29, 1.82) is 0 Å². The molecule has 2 aromatic carbocycles. The molecule has 2 aliphatic rings. The van der Waals surface area contributed by atoms with Crippen LogP contribution in [0.1, 0.15) is 30.7 Å². The largest absolute Gasteiger partial charge is 0.447 e. The van der Waals surface area contributed by atoms with Crippen LogP contribution in [0.2, 0.25) is 0 Å². The van der Waals surface area contributed by atoms with E-state index in [9.17, 15) is 9.59 Å². The third kappa shape index (κ3) is 4.11. The molecular formula is C22H25N3O3. The van der Waals surface area contributed by atoms with E-state index < -0.39 is 0 Å². The Labute approximate surface area is 165 Å². The average molecular weight is 379 g/mol. The number of likely N-dealkylation sites (tertiary alicyclic amines) is 1. The number of carbonyl (C=O) groups excluding carboxylic acids is 2. The molecule has 0 saturated carbocycles. The molecule has 4 rings (SSSR count). The summed E-state index contributed by atoms with van der Waals surface area (Å²) < 4.78 is 4.96. The van der Waals surface area contributed by atoms with Crippen LogP contribution in [0.25, 0.3) is 0 Å². The highest BCUT2D eigenvalue weighted by Gasteiger charge is 2.24. The van der Waals surface area contributed by atoms with E-state index in [1.54, 1.807) is 4.90 Å². The summed E-state index contributed by atoms with van der Waals surface area (Å²) in [4.78, 5) is 27.8. The van der Waals surface area contributed by atoms with Crippen molar-refractivity contribution in [1.82, 2.24) is 4.90 Å². The summed E-state index contributed by atoms with van der Waals surface area (Å²) in [6.45, 7) is 2.49. The minimum Gasteiger partial charge on any atom is -0.447 e. The Hall–Kier alpha value is -3.02. The standard InChI is InChI=1S/C22H25N3O3/c26-21(23-19-8-10-20(11-9-19)25-15-16-28-22(25)27)24-13-4-7-18(12-14-24)17-5-2-1-3-6-17/h1-3,5-6,8-11,18H,4,7,12-16H2,(H,23,26)/t18-/m1/s1. The molecule has 6 nitrogen and oxygen atoms in total. The number of anilines is 2. The Kier molecular flexibility index (Phi) is 5.46. The summed E-state index contributed by atoms with van der Waals surface area (Å²) in [6, 6.07) is 17.8. The number of urea groups is 1. The number of hydrogen-bond donors (Lipinski definition) is 1. The summed E-state index contributed by atoms with van der Waals surface area (Å²) in [5.41, 5.74) is 2.87. The first-order valence-electron chi connectivity index (χ1n) is 9.86. The second kappa shape index (κ2) is 8.33. The molecule has 146 valence electrons. The van der Waals surface area contributed by atoms with Crippen LogP contribution >= 0.6 is 0 Å². The van der Waals surface area contributed by atoms with Gasteiger partial charge in [-0.25, -0.2) is 9.59 Å². The van der Waals surface area contributed by atoms with Crippen molar-refractivity contribution in [2.45, 2.75) is 25.2 Å². The van der Waals surface area contributed by atoms with Crippen molar-refractivity contribution in [2.24, 2.45) is 0 Å². The molecule has 0 spiro atoms. The normalized spacial score (nSPS) is 19.9. The zero-order chi connectivity index (χ0) is 19.3. The van der Waals surface area contributed by atoms with Gasteiger partial charge in [0.05, 0.1) is 6.54 Å². The van der Waals surface area contributed by atoms with Gasteiger partial charge in [-0.05, 0) is 55.0 Å². The van der Waals surface area contributed by atoms with Gasteiger partial charge in [0.1, 0.15) is 6.61 Å². The predicted molar refractivity (Wildman–Crippen MR) is 109 cm³/mol. The van der Waals surface area contributed by atoms with Crippen molar-refractivity contribution in [3.05, 3.63) is 60.2 Å². The van der Waals surface area contributed by atoms with Gasteiger partial charge >= 0.3 is 12.1 Å². The number of nitrogens with one attached hydrogen (secondary N) is 1. The molecule has 2 heterocycles. The molecule has 0 aliphatic carbocycles. The van der Waals surface area contributed by atoms with Crippen molar-refractivity contribution >= 4 is 23.5 Å². The van der Waals surface area contributed by atoms with Gasteiger partial charge in [-0.3, -0.25) is 4.90 Å². The van der Waals surface area contributed by atoms with E-state index in [0.29, 0.717) is 19.1 Å². The van der Waals surface area contributed by atoms with Crippen molar-refractivity contribution in [3.8, 4) is 0 Å². The molecule has 0 radical (unpaired) electrons. The zero-order valence-electron chi connectivity index (χ0n) is 15.8. The van der Waals surface area contributed by atoms with E-state index >= 15 is 0 Å². The van der Waals surface area contributed by atoms with Crippen LogP contribution in [-0.4, -0.2) is 43.3 Å². The minimum atomic E-state index is -0.325. The highest BCUT2D eigenvalue weighted by Crippen LogP contribution is 2.28. The second-order valence-corrected chi connectivity index (χ2v) is 7.27. The Morgan fingerprint density at radius 3 is 2.46 bits per heavy atom. The zero-order valence-corrected chi connectivity index (χ0v) is 15.8. The molecule has 6 heteroatoms. The first kappa shape index (κ1) is 18.3. The maximum atomic E-state index is 12.7. The van der Waals surface area contributed by atoms with Gasteiger partial charge in [-0.1, -0.05) is 30.3 Å². The Morgan fingerprint density at radius 1 is 0.964 bits per heavy atom. The van der Waals surface area contributed by atoms with Gasteiger partial charge in [0.2, 0.25) is 0 Å². The molecule has 1 atom stereocenters. The average Bonchev–Trinajstić information content (AvgIpc) is 3.00. The molecule has 2 saturated heterocycles. The van der Waals surface area contributed by atoms with E-state index in [1.165, 1.54) is 5.56 Å². The number of cyclic esters (lactones) is 1. The quantitative estimate of drug-likeness (QED) is 0.857. The monoisotopic (exact) mass is 379 g/mol. The number of rotatable bonds is 3. The molecule has 0 aromatic heterocycles. The van der Waals surface area contributed by atoms with Crippen LogP contribution < -0.4 is 10.2 Å². The number of nitrogens with zero attached hydrogens (tertiary/aromatic N) is 2. The van der Waals surface area contributed by atoms with Crippen LogP contribution in [0.3, 0.4) is 0 Å². The third-order valence-electron chi connectivity index (χ3n) is 5.48. The topological polar surface area (TPSA) is 61.9 Å². The summed E-state index contributed by atoms with van der Waals surface area (Å²) >= 11 is 0. The Balaban J connectivity index is 1.34. The lowest BCUT2D eigenvalue weighted by atomic mass is 9.92. The van der Waals surface area contributed by atoms with Crippen LogP contribution in [0.15, 0.2) is 54.6 Å². The summed E-state index contributed by atoms with van der Waals surface area (Å²) in [7, 11) is 0. The number of benzene rings is 2. The predicted octanol–water partition coefficient (Wildman–Crippen LogP) is 4.44. The SMILES string of the molecule is O=C(Nc1ccc(N2CCOC2=O)cc1)N1CCC[C@@H](c2ccccc2)CC1. The molecule has 0 bridgehead atoms. The van der Waals surface area contributed by atoms with Gasteiger partial charge in [0, 0.05) is 24.5 Å². The molecular weight excluding hydrogens is 354 g/mol. The van der Waals surface area contributed by atoms with Crippen LogP contribution in [0.5, 0.6) is 0 Å². The van der Waals surface area contributed by atoms with Gasteiger partial charge in [-0.2, -0.15) is 0 Å². The highest BCUT2D eigenvalue weighted by atomic mass is 16.6. The molecule has 2 fully saturated rings. The van der Waals surface area contributed by atoms with Gasteiger partial charge in [-0.15, -0.1) is 0 Å². The maximum absolute atomic E-state index is 12.7. The fourth-order valence-electron chi connectivity index (χ4n) is 3.91. The number of ether oxygens (including phenoxy) is 1. The maximum Gasteiger partial charge on any atom is 0.414 e. The van der Waals surface area contributed by atoms with Crippen LogP contribution in [0, 0.1) is 0 Å². The molecule has 3 amide bonds. The number of amides is 3. The van der Waals surface area contributed by atoms with Crippen molar-refractivity contribution < 1.29 is 14.3 Å². The third-order valence-corrected chi connectivity index (χ3v) is 5.48. The van der Waals surface area contributed by atoms with Gasteiger partial charge in [0.15, 0.2) is 0 Å². The Morgan fingerprint density at radius 2 is 1.75 bits per heavy atom. The van der Waals surface area contributed by atoms with Crippen LogP contribution in [0.4, 0.5) is 21.0 Å². The first-order valence-corrected chi connectivity index (χ1v) is 9.86. The smallest absolute Gasteiger partial charge is 0.414 e. The van der Waals surface area contributed by atoms with E-state index in [4.69, 9.17) is 4.74 Å². The molecule has 0 unspecified atom stereocenters. The van der Waals surface area contributed by atoms with E-state index in [-0.39, 0.29) is 12.1 Å².